The summed E-state index contributed by atoms with van der Waals surface area (Å²) in [5, 5.41) is 3.03. The van der Waals surface area contributed by atoms with Gasteiger partial charge in [-0.15, -0.1) is 0 Å². The molecule has 0 saturated heterocycles. The van der Waals surface area contributed by atoms with Crippen LogP contribution >= 0.6 is 0 Å². The lowest BCUT2D eigenvalue weighted by Gasteiger charge is -2.26. The van der Waals surface area contributed by atoms with E-state index in [-0.39, 0.29) is 23.8 Å². The van der Waals surface area contributed by atoms with Crippen LogP contribution in [-0.4, -0.2) is 23.0 Å². The standard InChI is InChI=1S/C18H22FN3O2/c19-15-4-2-1-3-14(15)16-11-21-18(24-16)10-9-17(23)22-13-7-5-12(20)6-8-13/h1-4,11-13H,5-10,20H2,(H,22,23). The number of carbonyl (C=O) groups is 1. The van der Waals surface area contributed by atoms with Gasteiger partial charge in [0.15, 0.2) is 11.7 Å². The Bertz CT molecular complexity index is 693. The first-order valence-corrected chi connectivity index (χ1v) is 8.36. The van der Waals surface area contributed by atoms with Crippen LogP contribution in [0, 0.1) is 5.82 Å². The number of aryl methyl sites for hydroxylation is 1. The van der Waals surface area contributed by atoms with E-state index in [1.54, 1.807) is 18.2 Å². The van der Waals surface area contributed by atoms with Crippen molar-refractivity contribution < 1.29 is 13.6 Å². The van der Waals surface area contributed by atoms with E-state index < -0.39 is 0 Å². The lowest BCUT2D eigenvalue weighted by atomic mass is 9.92. The number of halogens is 1. The Morgan fingerprint density at radius 1 is 1.29 bits per heavy atom. The first kappa shape index (κ1) is 16.6. The van der Waals surface area contributed by atoms with Gasteiger partial charge in [0.2, 0.25) is 5.91 Å². The number of nitrogens with one attached hydrogen (secondary N) is 1. The van der Waals surface area contributed by atoms with E-state index in [1.807, 2.05) is 0 Å². The maximum absolute atomic E-state index is 13.7. The first-order valence-electron chi connectivity index (χ1n) is 8.36. The van der Waals surface area contributed by atoms with Crippen LogP contribution in [0.5, 0.6) is 0 Å². The average molecular weight is 331 g/mol. The summed E-state index contributed by atoms with van der Waals surface area (Å²) in [4.78, 5) is 16.2. The molecule has 3 N–H and O–H groups in total. The van der Waals surface area contributed by atoms with Crippen molar-refractivity contribution in [2.75, 3.05) is 0 Å². The Kier molecular flexibility index (Phi) is 5.25. The summed E-state index contributed by atoms with van der Waals surface area (Å²) >= 11 is 0. The van der Waals surface area contributed by atoms with Crippen LogP contribution in [0.25, 0.3) is 11.3 Å². The fourth-order valence-corrected chi connectivity index (χ4v) is 3.00. The maximum Gasteiger partial charge on any atom is 0.220 e. The molecule has 1 aliphatic rings. The fourth-order valence-electron chi connectivity index (χ4n) is 3.00. The van der Waals surface area contributed by atoms with Crippen molar-refractivity contribution in [1.29, 1.82) is 0 Å². The molecule has 1 aromatic heterocycles. The summed E-state index contributed by atoms with van der Waals surface area (Å²) in [6, 6.07) is 6.86. The van der Waals surface area contributed by atoms with Crippen molar-refractivity contribution >= 4 is 5.91 Å². The minimum atomic E-state index is -0.353. The molecule has 0 atom stereocenters. The summed E-state index contributed by atoms with van der Waals surface area (Å²) in [6.07, 6.45) is 5.97. The third-order valence-electron chi connectivity index (χ3n) is 4.40. The van der Waals surface area contributed by atoms with Crippen LogP contribution in [0.3, 0.4) is 0 Å². The molecule has 0 radical (unpaired) electrons. The number of rotatable bonds is 5. The number of oxazole rings is 1. The summed E-state index contributed by atoms with van der Waals surface area (Å²) < 4.78 is 19.3. The molecule has 0 aliphatic heterocycles. The number of aromatic nitrogens is 1. The normalized spacial score (nSPS) is 20.8. The highest BCUT2D eigenvalue weighted by Crippen LogP contribution is 2.23. The number of benzene rings is 1. The second-order valence-electron chi connectivity index (χ2n) is 6.28. The van der Waals surface area contributed by atoms with Gasteiger partial charge in [0.25, 0.3) is 0 Å². The second kappa shape index (κ2) is 7.57. The van der Waals surface area contributed by atoms with Crippen LogP contribution in [0.1, 0.15) is 38.0 Å². The minimum Gasteiger partial charge on any atom is -0.441 e. The van der Waals surface area contributed by atoms with Gasteiger partial charge < -0.3 is 15.5 Å². The van der Waals surface area contributed by atoms with Gasteiger partial charge >= 0.3 is 0 Å². The van der Waals surface area contributed by atoms with E-state index in [9.17, 15) is 9.18 Å². The zero-order valence-corrected chi connectivity index (χ0v) is 13.5. The van der Waals surface area contributed by atoms with Crippen molar-refractivity contribution in [3.63, 3.8) is 0 Å². The molecule has 2 aromatic rings. The Balaban J connectivity index is 1.50. The lowest BCUT2D eigenvalue weighted by molar-refractivity contribution is -0.122. The summed E-state index contributed by atoms with van der Waals surface area (Å²) in [7, 11) is 0. The van der Waals surface area contributed by atoms with E-state index in [4.69, 9.17) is 10.2 Å². The molecule has 5 nitrogen and oxygen atoms in total. The fraction of sp³-hybridized carbons (Fsp3) is 0.444. The number of amides is 1. The van der Waals surface area contributed by atoms with Crippen molar-refractivity contribution in [2.45, 2.75) is 50.6 Å². The molecular formula is C18H22FN3O2. The zero-order chi connectivity index (χ0) is 16.9. The van der Waals surface area contributed by atoms with E-state index in [0.717, 1.165) is 25.7 Å². The summed E-state index contributed by atoms with van der Waals surface area (Å²) in [6.45, 7) is 0. The third-order valence-corrected chi connectivity index (χ3v) is 4.40. The number of carbonyl (C=O) groups excluding carboxylic acids is 1. The molecule has 1 heterocycles. The van der Waals surface area contributed by atoms with Crippen LogP contribution in [0.4, 0.5) is 4.39 Å². The smallest absolute Gasteiger partial charge is 0.220 e. The van der Waals surface area contributed by atoms with Crippen molar-refractivity contribution in [1.82, 2.24) is 10.3 Å². The van der Waals surface area contributed by atoms with Crippen LogP contribution < -0.4 is 11.1 Å². The topological polar surface area (TPSA) is 81.1 Å². The Hall–Kier alpha value is -2.21. The predicted molar refractivity (Wildman–Crippen MR) is 88.6 cm³/mol. The maximum atomic E-state index is 13.7. The zero-order valence-electron chi connectivity index (χ0n) is 13.5. The van der Waals surface area contributed by atoms with E-state index >= 15 is 0 Å². The molecule has 0 unspecified atom stereocenters. The molecule has 1 aromatic carbocycles. The minimum absolute atomic E-state index is 0.0129. The summed E-state index contributed by atoms with van der Waals surface area (Å²) in [5.74, 6) is 0.452. The van der Waals surface area contributed by atoms with Crippen LogP contribution in [-0.2, 0) is 11.2 Å². The highest BCUT2D eigenvalue weighted by Gasteiger charge is 2.20. The largest absolute Gasteiger partial charge is 0.441 e. The number of nitrogens with two attached hydrogens (primary N) is 1. The Morgan fingerprint density at radius 3 is 2.79 bits per heavy atom. The quantitative estimate of drug-likeness (QED) is 0.883. The molecule has 1 amide bonds. The van der Waals surface area contributed by atoms with Gasteiger partial charge in [-0.2, -0.15) is 0 Å². The summed E-state index contributed by atoms with van der Waals surface area (Å²) in [5.41, 5.74) is 6.24. The first-order chi connectivity index (χ1) is 11.6. The molecule has 128 valence electrons. The van der Waals surface area contributed by atoms with Crippen LogP contribution in [0.15, 0.2) is 34.9 Å². The van der Waals surface area contributed by atoms with Crippen molar-refractivity contribution in [2.24, 2.45) is 5.73 Å². The molecule has 24 heavy (non-hydrogen) atoms. The van der Waals surface area contributed by atoms with Gasteiger partial charge in [0, 0.05) is 24.9 Å². The van der Waals surface area contributed by atoms with Crippen molar-refractivity contribution in [3.8, 4) is 11.3 Å². The number of hydrogen-bond acceptors (Lipinski definition) is 4. The van der Waals surface area contributed by atoms with Gasteiger partial charge in [-0.3, -0.25) is 4.79 Å². The van der Waals surface area contributed by atoms with E-state index in [0.29, 0.717) is 30.1 Å². The van der Waals surface area contributed by atoms with Gasteiger partial charge in [-0.05, 0) is 37.8 Å². The number of hydrogen-bond donors (Lipinski definition) is 2. The van der Waals surface area contributed by atoms with Gasteiger partial charge in [0.1, 0.15) is 5.82 Å². The second-order valence-corrected chi connectivity index (χ2v) is 6.28. The van der Waals surface area contributed by atoms with Gasteiger partial charge in [-0.25, -0.2) is 9.37 Å². The highest BCUT2D eigenvalue weighted by atomic mass is 19.1. The monoisotopic (exact) mass is 331 g/mol. The number of nitrogens with zero attached hydrogens (tertiary/aromatic N) is 1. The highest BCUT2D eigenvalue weighted by molar-refractivity contribution is 5.76. The molecule has 1 fully saturated rings. The molecule has 1 saturated carbocycles. The van der Waals surface area contributed by atoms with Gasteiger partial charge in [-0.1, -0.05) is 12.1 Å². The Morgan fingerprint density at radius 2 is 2.04 bits per heavy atom. The average Bonchev–Trinajstić information content (AvgIpc) is 3.04. The molecule has 0 bridgehead atoms. The van der Waals surface area contributed by atoms with Gasteiger partial charge in [0.05, 0.1) is 11.8 Å². The third kappa shape index (κ3) is 4.20. The molecule has 1 aliphatic carbocycles. The molecular weight excluding hydrogens is 309 g/mol. The molecule has 6 heteroatoms. The Labute approximate surface area is 140 Å². The lowest BCUT2D eigenvalue weighted by Crippen LogP contribution is -2.40. The predicted octanol–water partition coefficient (Wildman–Crippen LogP) is 2.80. The van der Waals surface area contributed by atoms with Crippen molar-refractivity contribution in [3.05, 3.63) is 42.2 Å². The SMILES string of the molecule is NC1CCC(NC(=O)CCc2ncc(-c3ccccc3F)o2)CC1. The van der Waals surface area contributed by atoms with Crippen LogP contribution in [0.2, 0.25) is 0 Å². The van der Waals surface area contributed by atoms with E-state index in [1.165, 1.54) is 12.3 Å². The van der Waals surface area contributed by atoms with E-state index in [2.05, 4.69) is 10.3 Å². The molecule has 0 spiro atoms. The molecule has 3 rings (SSSR count).